The fourth-order valence-electron chi connectivity index (χ4n) is 12.0. The number of esters is 3. The van der Waals surface area contributed by atoms with Gasteiger partial charge in [-0.1, -0.05) is 392 Å². The van der Waals surface area contributed by atoms with E-state index in [1.807, 2.05) is 0 Å². The lowest BCUT2D eigenvalue weighted by molar-refractivity contribution is -0.167. The van der Waals surface area contributed by atoms with Crippen molar-refractivity contribution in [3.8, 4) is 0 Å². The number of hydrogen-bond acceptors (Lipinski definition) is 6. The summed E-state index contributed by atoms with van der Waals surface area (Å²) < 4.78 is 16.9. The first-order chi connectivity index (χ1) is 41.0. The highest BCUT2D eigenvalue weighted by Gasteiger charge is 2.20. The minimum atomic E-state index is -0.764. The number of carbonyl (C=O) groups is 3. The average Bonchev–Trinajstić information content (AvgIpc) is 3.49. The predicted molar refractivity (Wildman–Crippen MR) is 363 cm³/mol. The highest BCUT2D eigenvalue weighted by molar-refractivity contribution is 5.71. The molecular weight excluding hydrogens is 1020 g/mol. The number of carbonyl (C=O) groups excluding carboxylic acids is 3. The summed E-state index contributed by atoms with van der Waals surface area (Å²) in [5.41, 5.74) is 0. The summed E-state index contributed by atoms with van der Waals surface area (Å²) in [4.78, 5) is 38.1. The lowest BCUT2D eigenvalue weighted by Crippen LogP contribution is -2.30. The van der Waals surface area contributed by atoms with Gasteiger partial charge in [-0.2, -0.15) is 0 Å². The van der Waals surface area contributed by atoms with Crippen molar-refractivity contribution in [2.24, 2.45) is 0 Å². The minimum Gasteiger partial charge on any atom is -0.462 e. The molecule has 0 fully saturated rings. The molecule has 0 bridgehead atoms. The van der Waals surface area contributed by atoms with Gasteiger partial charge < -0.3 is 14.2 Å². The summed E-state index contributed by atoms with van der Waals surface area (Å²) in [7, 11) is 0. The molecule has 0 aliphatic heterocycles. The predicted octanol–water partition coefficient (Wildman–Crippen LogP) is 26.3. The van der Waals surface area contributed by atoms with Crippen molar-refractivity contribution < 1.29 is 28.6 Å². The Balaban J connectivity index is 3.85. The van der Waals surface area contributed by atoms with E-state index in [1.165, 1.54) is 340 Å². The van der Waals surface area contributed by atoms with Crippen LogP contribution in [0.5, 0.6) is 0 Å². The summed E-state index contributed by atoms with van der Waals surface area (Å²) in [6.45, 7) is 6.65. The van der Waals surface area contributed by atoms with Crippen molar-refractivity contribution in [2.75, 3.05) is 13.2 Å². The Kier molecular flexibility index (Phi) is 71.0. The van der Waals surface area contributed by atoms with Crippen LogP contribution in [0.15, 0.2) is 12.2 Å². The van der Waals surface area contributed by atoms with Gasteiger partial charge >= 0.3 is 17.9 Å². The van der Waals surface area contributed by atoms with Crippen LogP contribution in [0.1, 0.15) is 445 Å². The van der Waals surface area contributed by atoms with Crippen LogP contribution in [0.4, 0.5) is 0 Å². The van der Waals surface area contributed by atoms with Crippen molar-refractivity contribution in [1.29, 1.82) is 0 Å². The zero-order valence-electron chi connectivity index (χ0n) is 56.8. The molecule has 0 spiro atoms. The van der Waals surface area contributed by atoms with E-state index in [0.717, 1.165) is 64.2 Å². The van der Waals surface area contributed by atoms with Gasteiger partial charge in [-0.3, -0.25) is 14.4 Å². The molecule has 6 nitrogen and oxygen atoms in total. The molecular formula is C77H148O6. The molecule has 492 valence electrons. The van der Waals surface area contributed by atoms with Gasteiger partial charge in [-0.15, -0.1) is 0 Å². The molecule has 0 saturated carbocycles. The first-order valence-electron chi connectivity index (χ1n) is 38.2. The number of hydrogen-bond donors (Lipinski definition) is 0. The third-order valence-corrected chi connectivity index (χ3v) is 17.8. The van der Waals surface area contributed by atoms with E-state index in [9.17, 15) is 14.4 Å². The van der Waals surface area contributed by atoms with Gasteiger partial charge in [0.15, 0.2) is 6.10 Å². The van der Waals surface area contributed by atoms with E-state index in [4.69, 9.17) is 14.2 Å². The Hall–Kier alpha value is -1.85. The molecule has 0 radical (unpaired) electrons. The largest absolute Gasteiger partial charge is 0.462 e. The molecule has 0 amide bonds. The van der Waals surface area contributed by atoms with E-state index in [0.29, 0.717) is 19.3 Å². The zero-order valence-corrected chi connectivity index (χ0v) is 56.8. The molecule has 0 rings (SSSR count). The molecule has 0 heterocycles. The summed E-state index contributed by atoms with van der Waals surface area (Å²) >= 11 is 0. The lowest BCUT2D eigenvalue weighted by atomic mass is 10.0. The monoisotopic (exact) mass is 1170 g/mol. The average molecular weight is 1170 g/mol. The van der Waals surface area contributed by atoms with Gasteiger partial charge in [-0.05, 0) is 44.9 Å². The topological polar surface area (TPSA) is 78.9 Å². The van der Waals surface area contributed by atoms with Crippen LogP contribution in [-0.2, 0) is 28.6 Å². The first kappa shape index (κ1) is 81.2. The third-order valence-electron chi connectivity index (χ3n) is 17.8. The SMILES string of the molecule is CCCCCCCCCC/C=C\CCCCCCCCCCCCCCCCCC(=O)OC(COC(=O)CCCCCCC)COC(=O)CCCCCCCCCCCCCCCCCCCCCCCCCCCCCCCCCCC. The van der Waals surface area contributed by atoms with Crippen LogP contribution in [-0.4, -0.2) is 37.2 Å². The van der Waals surface area contributed by atoms with Gasteiger partial charge in [0.25, 0.3) is 0 Å². The van der Waals surface area contributed by atoms with Gasteiger partial charge in [-0.25, -0.2) is 0 Å². The van der Waals surface area contributed by atoms with Gasteiger partial charge in [0.1, 0.15) is 13.2 Å². The van der Waals surface area contributed by atoms with E-state index >= 15 is 0 Å². The van der Waals surface area contributed by atoms with Crippen LogP contribution in [0.3, 0.4) is 0 Å². The number of rotatable bonds is 72. The maximum Gasteiger partial charge on any atom is 0.306 e. The highest BCUT2D eigenvalue weighted by atomic mass is 16.6. The fraction of sp³-hybridized carbons (Fsp3) is 0.935. The quantitative estimate of drug-likeness (QED) is 0.0261. The Morgan fingerprint density at radius 2 is 0.398 bits per heavy atom. The standard InChI is InChI=1S/C77H148O6/c1-4-7-10-13-15-17-19-21-23-25-27-29-31-33-35-36-37-38-39-40-42-43-45-47-49-51-53-55-57-59-61-64-67-70-76(79)82-73-74(72-81-75(78)69-66-63-12-9-6-3)83-77(80)71-68-65-62-60-58-56-54-52-50-48-46-44-41-34-32-30-28-26-24-22-20-18-16-14-11-8-5-2/h26,28,74H,4-25,27,29-73H2,1-3H3/b28-26-. The molecule has 0 N–H and O–H groups in total. The Bertz CT molecular complexity index is 1300. The van der Waals surface area contributed by atoms with Crippen LogP contribution in [0.2, 0.25) is 0 Å². The lowest BCUT2D eigenvalue weighted by Gasteiger charge is -2.18. The highest BCUT2D eigenvalue weighted by Crippen LogP contribution is 2.20. The number of ether oxygens (including phenoxy) is 3. The molecule has 0 aromatic carbocycles. The van der Waals surface area contributed by atoms with Gasteiger partial charge in [0.05, 0.1) is 0 Å². The smallest absolute Gasteiger partial charge is 0.306 e. The normalized spacial score (nSPS) is 12.0. The summed E-state index contributed by atoms with van der Waals surface area (Å²) in [6, 6.07) is 0. The van der Waals surface area contributed by atoms with E-state index < -0.39 is 6.10 Å². The molecule has 1 atom stereocenters. The zero-order chi connectivity index (χ0) is 59.9. The maximum absolute atomic E-state index is 12.9. The Labute approximate surface area is 520 Å². The maximum atomic E-state index is 12.9. The van der Waals surface area contributed by atoms with Gasteiger partial charge in [0, 0.05) is 19.3 Å². The van der Waals surface area contributed by atoms with Crippen molar-refractivity contribution >= 4 is 17.9 Å². The second-order valence-electron chi connectivity index (χ2n) is 26.3. The molecule has 0 aromatic heterocycles. The first-order valence-corrected chi connectivity index (χ1v) is 38.2. The fourth-order valence-corrected chi connectivity index (χ4v) is 12.0. The van der Waals surface area contributed by atoms with Crippen LogP contribution < -0.4 is 0 Å². The summed E-state index contributed by atoms with van der Waals surface area (Å²) in [5.74, 6) is -0.846. The van der Waals surface area contributed by atoms with Crippen LogP contribution in [0, 0.1) is 0 Å². The third kappa shape index (κ3) is 70.8. The van der Waals surface area contributed by atoms with E-state index in [1.54, 1.807) is 0 Å². The molecule has 6 heteroatoms. The van der Waals surface area contributed by atoms with Crippen molar-refractivity contribution in [3.63, 3.8) is 0 Å². The Morgan fingerprint density at radius 1 is 0.229 bits per heavy atom. The summed E-state index contributed by atoms with van der Waals surface area (Å²) in [6.07, 6.45) is 89.1. The Morgan fingerprint density at radius 3 is 0.602 bits per heavy atom. The second kappa shape index (κ2) is 72.6. The molecule has 0 aliphatic rings. The van der Waals surface area contributed by atoms with Crippen LogP contribution in [0.25, 0.3) is 0 Å². The molecule has 1 unspecified atom stereocenters. The number of unbranched alkanes of at least 4 members (excludes halogenated alkanes) is 59. The van der Waals surface area contributed by atoms with Crippen molar-refractivity contribution in [1.82, 2.24) is 0 Å². The number of allylic oxidation sites excluding steroid dienone is 2. The van der Waals surface area contributed by atoms with Gasteiger partial charge in [0.2, 0.25) is 0 Å². The minimum absolute atomic E-state index is 0.0639. The molecule has 83 heavy (non-hydrogen) atoms. The molecule has 0 saturated heterocycles. The second-order valence-corrected chi connectivity index (χ2v) is 26.3. The van der Waals surface area contributed by atoms with E-state index in [2.05, 4.69) is 32.9 Å². The van der Waals surface area contributed by atoms with Crippen molar-refractivity contribution in [2.45, 2.75) is 451 Å². The summed E-state index contributed by atoms with van der Waals surface area (Å²) in [5, 5.41) is 0. The molecule has 0 aliphatic carbocycles. The molecule has 0 aromatic rings. The van der Waals surface area contributed by atoms with Crippen LogP contribution >= 0.6 is 0 Å². The van der Waals surface area contributed by atoms with E-state index in [-0.39, 0.29) is 31.1 Å². The van der Waals surface area contributed by atoms with Crippen molar-refractivity contribution in [3.05, 3.63) is 12.2 Å².